The molecule has 0 aromatic rings. The van der Waals surface area contributed by atoms with Gasteiger partial charge in [-0.15, -0.1) is 0 Å². The maximum Gasteiger partial charge on any atom is 0.246 e. The molecule has 9 nitrogen and oxygen atoms in total. The predicted molar refractivity (Wildman–Crippen MR) is 99.4 cm³/mol. The summed E-state index contributed by atoms with van der Waals surface area (Å²) in [6, 6.07) is -0.754. The fraction of sp³-hybridized carbons (Fsp3) is 0.667. The number of ether oxygens (including phenoxy) is 1. The number of carbonyl (C=O) groups excluding carboxylic acids is 2. The maximum absolute atomic E-state index is 12.3. The molecule has 9 heteroatoms. The Morgan fingerprint density at radius 2 is 2.07 bits per heavy atom. The lowest BCUT2D eigenvalue weighted by molar-refractivity contribution is -0.175. The van der Waals surface area contributed by atoms with Gasteiger partial charge < -0.3 is 31.3 Å². The average molecular weight is 382 g/mol. The van der Waals surface area contributed by atoms with Crippen molar-refractivity contribution in [3.05, 3.63) is 23.8 Å². The lowest BCUT2D eigenvalue weighted by atomic mass is 9.80. The van der Waals surface area contributed by atoms with Crippen molar-refractivity contribution in [2.45, 2.75) is 25.1 Å². The molecule has 1 fully saturated rings. The van der Waals surface area contributed by atoms with E-state index in [1.165, 1.54) is 0 Å². The van der Waals surface area contributed by atoms with Crippen LogP contribution < -0.4 is 16.4 Å². The Bertz CT molecular complexity index is 584. The van der Waals surface area contributed by atoms with Crippen molar-refractivity contribution < 1.29 is 24.5 Å². The van der Waals surface area contributed by atoms with Crippen molar-refractivity contribution in [1.29, 1.82) is 0 Å². The van der Waals surface area contributed by atoms with E-state index < -0.39 is 29.5 Å². The smallest absolute Gasteiger partial charge is 0.246 e. The fourth-order valence-corrected chi connectivity index (χ4v) is 3.66. The van der Waals surface area contributed by atoms with Gasteiger partial charge in [0.25, 0.3) is 0 Å². The maximum atomic E-state index is 12.3. The summed E-state index contributed by atoms with van der Waals surface area (Å²) in [5, 5.41) is 24.0. The average Bonchev–Trinajstić information content (AvgIpc) is 2.70. The molecule has 2 amide bonds. The number of carbonyl (C=O) groups is 2. The molecule has 2 atom stereocenters. The minimum atomic E-state index is -1.12. The highest BCUT2D eigenvalue weighted by atomic mass is 16.5. The van der Waals surface area contributed by atoms with Gasteiger partial charge in [0.1, 0.15) is 12.5 Å². The molecule has 2 unspecified atom stereocenters. The standard InChI is InChI=1S/C18H30N4O5/c1-2-13-4-3-5-15(17(19)26)18(13,22-8-6-20-7-9-22)27-12-16(25)21-14(10-23)11-24/h3-5,14-15,20,23-24H,2,6-12H2,1H3,(H2,19,26)(H,21,25). The molecular weight excluding hydrogens is 352 g/mol. The van der Waals surface area contributed by atoms with Gasteiger partial charge in [0.05, 0.1) is 19.3 Å². The SMILES string of the molecule is CCC1=CC=CC(C(N)=O)C1(OCC(=O)NC(CO)CO)N1CCNCC1. The minimum absolute atomic E-state index is 0.324. The number of piperazine rings is 1. The predicted octanol–water partition coefficient (Wildman–Crippen LogP) is -1.92. The minimum Gasteiger partial charge on any atom is -0.394 e. The molecule has 0 spiro atoms. The number of allylic oxidation sites excluding steroid dienone is 2. The van der Waals surface area contributed by atoms with Crippen LogP contribution in [0.5, 0.6) is 0 Å². The van der Waals surface area contributed by atoms with Gasteiger partial charge in [0.2, 0.25) is 11.8 Å². The van der Waals surface area contributed by atoms with Gasteiger partial charge in [-0.05, 0) is 12.0 Å². The zero-order valence-corrected chi connectivity index (χ0v) is 15.7. The van der Waals surface area contributed by atoms with E-state index in [4.69, 9.17) is 20.7 Å². The summed E-state index contributed by atoms with van der Waals surface area (Å²) in [6.07, 6.45) is 6.05. The molecule has 6 N–H and O–H groups in total. The first-order valence-corrected chi connectivity index (χ1v) is 9.27. The lowest BCUT2D eigenvalue weighted by Crippen LogP contribution is -2.65. The van der Waals surface area contributed by atoms with Gasteiger partial charge in [-0.25, -0.2) is 0 Å². The summed E-state index contributed by atoms with van der Waals surface area (Å²) in [4.78, 5) is 26.6. The molecule has 152 valence electrons. The number of nitrogens with zero attached hydrogens (tertiary/aromatic N) is 1. The Labute approximate surface area is 159 Å². The second-order valence-corrected chi connectivity index (χ2v) is 6.66. The normalized spacial score (nSPS) is 26.1. The molecule has 2 aliphatic rings. The number of aliphatic hydroxyl groups is 2. The molecular formula is C18H30N4O5. The first-order valence-electron chi connectivity index (χ1n) is 9.27. The van der Waals surface area contributed by atoms with Gasteiger partial charge in [0.15, 0.2) is 5.72 Å². The van der Waals surface area contributed by atoms with Crippen molar-refractivity contribution in [2.75, 3.05) is 46.0 Å². The quantitative estimate of drug-likeness (QED) is 0.313. The molecule has 0 saturated carbocycles. The van der Waals surface area contributed by atoms with Crippen LogP contribution in [0.1, 0.15) is 13.3 Å². The van der Waals surface area contributed by atoms with Crippen LogP contribution in [-0.4, -0.2) is 84.7 Å². The van der Waals surface area contributed by atoms with Crippen LogP contribution in [0.25, 0.3) is 0 Å². The van der Waals surface area contributed by atoms with Gasteiger partial charge in [0, 0.05) is 26.2 Å². The third-order valence-electron chi connectivity index (χ3n) is 4.99. The van der Waals surface area contributed by atoms with Gasteiger partial charge in [-0.1, -0.05) is 25.2 Å². The summed E-state index contributed by atoms with van der Waals surface area (Å²) in [7, 11) is 0. The van der Waals surface area contributed by atoms with Gasteiger partial charge in [-0.2, -0.15) is 0 Å². The van der Waals surface area contributed by atoms with E-state index in [1.54, 1.807) is 12.2 Å². The van der Waals surface area contributed by atoms with Crippen LogP contribution in [0, 0.1) is 5.92 Å². The second kappa shape index (κ2) is 9.95. The number of aliphatic hydroxyl groups excluding tert-OH is 2. The summed E-state index contributed by atoms with van der Waals surface area (Å²) < 4.78 is 6.14. The highest BCUT2D eigenvalue weighted by Crippen LogP contribution is 2.39. The van der Waals surface area contributed by atoms with Crippen molar-refractivity contribution >= 4 is 11.8 Å². The highest BCUT2D eigenvalue weighted by molar-refractivity contribution is 5.82. The Balaban J connectivity index is 2.29. The molecule has 1 aliphatic heterocycles. The van der Waals surface area contributed by atoms with Crippen LogP contribution in [0.2, 0.25) is 0 Å². The number of rotatable bonds is 9. The van der Waals surface area contributed by atoms with Gasteiger partial charge >= 0.3 is 0 Å². The Kier molecular flexibility index (Phi) is 7.93. The summed E-state index contributed by atoms with van der Waals surface area (Å²) in [6.45, 7) is 3.66. The van der Waals surface area contributed by atoms with E-state index in [-0.39, 0.29) is 19.8 Å². The number of nitrogens with one attached hydrogen (secondary N) is 2. The van der Waals surface area contributed by atoms with Crippen LogP contribution in [0.3, 0.4) is 0 Å². The van der Waals surface area contributed by atoms with Crippen molar-refractivity contribution in [2.24, 2.45) is 11.7 Å². The second-order valence-electron chi connectivity index (χ2n) is 6.66. The van der Waals surface area contributed by atoms with Crippen molar-refractivity contribution in [3.8, 4) is 0 Å². The Hall–Kier alpha value is -1.78. The third kappa shape index (κ3) is 4.74. The van der Waals surface area contributed by atoms with Crippen LogP contribution in [-0.2, 0) is 14.3 Å². The molecule has 2 rings (SSSR count). The molecule has 0 radical (unpaired) electrons. The Morgan fingerprint density at radius 3 is 2.63 bits per heavy atom. The lowest BCUT2D eigenvalue weighted by Gasteiger charge is -2.50. The molecule has 0 aromatic carbocycles. The molecule has 0 aromatic heterocycles. The number of amides is 2. The first kappa shape index (κ1) is 21.5. The zero-order chi connectivity index (χ0) is 19.9. The first-order chi connectivity index (χ1) is 13.0. The largest absolute Gasteiger partial charge is 0.394 e. The number of primary amides is 1. The summed E-state index contributed by atoms with van der Waals surface area (Å²) >= 11 is 0. The topological polar surface area (TPSA) is 137 Å². The van der Waals surface area contributed by atoms with Crippen LogP contribution in [0.15, 0.2) is 23.8 Å². The number of hydrogen-bond donors (Lipinski definition) is 5. The summed E-state index contributed by atoms with van der Waals surface area (Å²) in [5.74, 6) is -1.73. The highest BCUT2D eigenvalue weighted by Gasteiger charge is 2.50. The van der Waals surface area contributed by atoms with Crippen LogP contribution in [0.4, 0.5) is 0 Å². The number of hydrogen-bond acceptors (Lipinski definition) is 7. The monoisotopic (exact) mass is 382 g/mol. The van der Waals surface area contributed by atoms with E-state index in [0.717, 1.165) is 18.7 Å². The van der Waals surface area contributed by atoms with Gasteiger partial charge in [-0.3, -0.25) is 14.5 Å². The molecule has 1 heterocycles. The molecule has 0 bridgehead atoms. The van der Waals surface area contributed by atoms with Crippen LogP contribution >= 0.6 is 0 Å². The van der Waals surface area contributed by atoms with E-state index in [2.05, 4.69) is 15.5 Å². The Morgan fingerprint density at radius 1 is 1.41 bits per heavy atom. The molecule has 1 saturated heterocycles. The molecule has 1 aliphatic carbocycles. The van der Waals surface area contributed by atoms with Crippen molar-refractivity contribution in [3.63, 3.8) is 0 Å². The zero-order valence-electron chi connectivity index (χ0n) is 15.7. The van der Waals surface area contributed by atoms with E-state index in [9.17, 15) is 9.59 Å². The molecule has 27 heavy (non-hydrogen) atoms. The summed E-state index contributed by atoms with van der Waals surface area (Å²) in [5.41, 5.74) is 5.45. The number of nitrogens with two attached hydrogens (primary N) is 1. The van der Waals surface area contributed by atoms with E-state index in [1.807, 2.05) is 13.0 Å². The van der Waals surface area contributed by atoms with Crippen molar-refractivity contribution in [1.82, 2.24) is 15.5 Å². The van der Waals surface area contributed by atoms with E-state index in [0.29, 0.717) is 19.5 Å². The fourth-order valence-electron chi connectivity index (χ4n) is 3.66. The third-order valence-corrected chi connectivity index (χ3v) is 4.99. The van der Waals surface area contributed by atoms with E-state index >= 15 is 0 Å².